The van der Waals surface area contributed by atoms with E-state index in [1.807, 2.05) is 19.1 Å². The van der Waals surface area contributed by atoms with Gasteiger partial charge >= 0.3 is 0 Å². The fourth-order valence-corrected chi connectivity index (χ4v) is 2.94. The largest absolute Gasteiger partial charge is 0.298 e. The first kappa shape index (κ1) is 10.7. The third-order valence-electron chi connectivity index (χ3n) is 3.43. The van der Waals surface area contributed by atoms with Gasteiger partial charge in [-0.3, -0.25) is 9.78 Å². The van der Waals surface area contributed by atoms with Crippen LogP contribution in [0.2, 0.25) is 5.02 Å². The molecule has 0 N–H and O–H groups in total. The fourth-order valence-electron chi connectivity index (χ4n) is 2.66. The summed E-state index contributed by atoms with van der Waals surface area (Å²) in [7, 11) is 0. The highest BCUT2D eigenvalue weighted by atomic mass is 35.5. The number of aryl methyl sites for hydroxylation is 2. The van der Waals surface area contributed by atoms with Gasteiger partial charge in [0, 0.05) is 21.7 Å². The summed E-state index contributed by atoms with van der Waals surface area (Å²) < 4.78 is 0. The Hall–Kier alpha value is -1.41. The van der Waals surface area contributed by atoms with E-state index < -0.39 is 0 Å². The van der Waals surface area contributed by atoms with Gasteiger partial charge in [-0.05, 0) is 49.4 Å². The van der Waals surface area contributed by atoms with E-state index in [4.69, 9.17) is 11.6 Å². The Morgan fingerprint density at radius 1 is 1.35 bits per heavy atom. The zero-order valence-electron chi connectivity index (χ0n) is 9.59. The Morgan fingerprint density at radius 2 is 2.18 bits per heavy atom. The molecule has 1 aliphatic carbocycles. The van der Waals surface area contributed by atoms with Gasteiger partial charge in [0.15, 0.2) is 6.29 Å². The fraction of sp³-hybridized carbons (Fsp3) is 0.286. The summed E-state index contributed by atoms with van der Waals surface area (Å²) >= 11 is 6.06. The van der Waals surface area contributed by atoms with Crippen molar-refractivity contribution in [3.8, 4) is 0 Å². The van der Waals surface area contributed by atoms with Crippen molar-refractivity contribution in [2.45, 2.75) is 26.2 Å². The van der Waals surface area contributed by atoms with E-state index in [0.29, 0.717) is 5.02 Å². The van der Waals surface area contributed by atoms with Crippen LogP contribution >= 0.6 is 11.6 Å². The maximum atomic E-state index is 11.3. The summed E-state index contributed by atoms with van der Waals surface area (Å²) in [4.78, 5) is 16.0. The van der Waals surface area contributed by atoms with Gasteiger partial charge in [-0.15, -0.1) is 0 Å². The molecule has 2 aromatic rings. The number of rotatable bonds is 1. The van der Waals surface area contributed by atoms with Crippen molar-refractivity contribution >= 4 is 28.8 Å². The van der Waals surface area contributed by atoms with Crippen molar-refractivity contribution in [3.63, 3.8) is 0 Å². The number of halogens is 1. The van der Waals surface area contributed by atoms with E-state index in [1.54, 1.807) is 0 Å². The summed E-state index contributed by atoms with van der Waals surface area (Å²) in [5, 5.41) is 1.56. The van der Waals surface area contributed by atoms with Crippen LogP contribution in [0.1, 0.15) is 33.6 Å². The summed E-state index contributed by atoms with van der Waals surface area (Å²) in [5.74, 6) is 0. The molecule has 17 heavy (non-hydrogen) atoms. The molecule has 3 rings (SSSR count). The van der Waals surface area contributed by atoms with Gasteiger partial charge in [0.1, 0.15) is 0 Å². The summed E-state index contributed by atoms with van der Waals surface area (Å²) in [6.45, 7) is 1.98. The summed E-state index contributed by atoms with van der Waals surface area (Å²) in [6.07, 6.45) is 3.97. The smallest absolute Gasteiger partial charge is 0.151 e. The minimum absolute atomic E-state index is 0.665. The maximum Gasteiger partial charge on any atom is 0.151 e. The average Bonchev–Trinajstić information content (AvgIpc) is 2.74. The van der Waals surface area contributed by atoms with Crippen LogP contribution in [0.5, 0.6) is 0 Å². The van der Waals surface area contributed by atoms with Gasteiger partial charge in [-0.1, -0.05) is 11.6 Å². The Balaban J connectivity index is 2.49. The molecule has 0 radical (unpaired) electrons. The highest BCUT2D eigenvalue weighted by Crippen LogP contribution is 2.31. The van der Waals surface area contributed by atoms with E-state index in [0.717, 1.165) is 58.8 Å². The number of aromatic nitrogens is 1. The van der Waals surface area contributed by atoms with Crippen LogP contribution in [0, 0.1) is 6.92 Å². The van der Waals surface area contributed by atoms with Crippen LogP contribution in [-0.4, -0.2) is 11.3 Å². The molecular weight excluding hydrogens is 234 g/mol. The van der Waals surface area contributed by atoms with Crippen LogP contribution in [0.25, 0.3) is 10.9 Å². The first-order chi connectivity index (χ1) is 8.20. The third-order valence-corrected chi connectivity index (χ3v) is 3.65. The highest BCUT2D eigenvalue weighted by Gasteiger charge is 2.20. The molecule has 0 saturated carbocycles. The second-order valence-corrected chi connectivity index (χ2v) is 4.98. The predicted molar refractivity (Wildman–Crippen MR) is 68.9 cm³/mol. The normalized spacial score (nSPS) is 14.0. The number of nitrogens with zero attached hydrogens (tertiary/aromatic N) is 1. The van der Waals surface area contributed by atoms with Crippen LogP contribution < -0.4 is 0 Å². The van der Waals surface area contributed by atoms with Crippen LogP contribution in [0.3, 0.4) is 0 Å². The van der Waals surface area contributed by atoms with Crippen molar-refractivity contribution in [3.05, 3.63) is 39.5 Å². The highest BCUT2D eigenvalue weighted by molar-refractivity contribution is 6.31. The maximum absolute atomic E-state index is 11.3. The Morgan fingerprint density at radius 3 is 2.94 bits per heavy atom. The van der Waals surface area contributed by atoms with Crippen LogP contribution in [-0.2, 0) is 12.8 Å². The van der Waals surface area contributed by atoms with Gasteiger partial charge in [-0.2, -0.15) is 0 Å². The van der Waals surface area contributed by atoms with Crippen molar-refractivity contribution < 1.29 is 4.79 Å². The number of carbonyl (C=O) groups is 1. The molecule has 1 aromatic heterocycles. The number of aldehydes is 1. The molecule has 0 unspecified atom stereocenters. The van der Waals surface area contributed by atoms with Gasteiger partial charge in [0.05, 0.1) is 5.52 Å². The Bertz CT molecular complexity index is 634. The minimum Gasteiger partial charge on any atom is -0.298 e. The van der Waals surface area contributed by atoms with Gasteiger partial charge < -0.3 is 0 Å². The molecule has 3 heteroatoms. The number of carbonyl (C=O) groups excluding carboxylic acids is 1. The quantitative estimate of drug-likeness (QED) is 0.720. The SMILES string of the molecule is Cc1cc(Cl)cc2c(C=O)c3c(nc12)CCC3. The van der Waals surface area contributed by atoms with E-state index >= 15 is 0 Å². The molecular formula is C14H12ClNO. The van der Waals surface area contributed by atoms with E-state index in [-0.39, 0.29) is 0 Å². The molecule has 1 aliphatic rings. The van der Waals surface area contributed by atoms with E-state index in [2.05, 4.69) is 4.98 Å². The second-order valence-electron chi connectivity index (χ2n) is 4.54. The number of benzene rings is 1. The minimum atomic E-state index is 0.665. The number of hydrogen-bond acceptors (Lipinski definition) is 2. The molecule has 0 bridgehead atoms. The molecule has 0 fully saturated rings. The van der Waals surface area contributed by atoms with Crippen LogP contribution in [0.4, 0.5) is 0 Å². The average molecular weight is 246 g/mol. The van der Waals surface area contributed by atoms with Gasteiger partial charge in [0.2, 0.25) is 0 Å². The lowest BCUT2D eigenvalue weighted by atomic mass is 10.0. The molecule has 0 spiro atoms. The van der Waals surface area contributed by atoms with Gasteiger partial charge in [-0.25, -0.2) is 0 Å². The van der Waals surface area contributed by atoms with Crippen molar-refractivity contribution in [1.82, 2.24) is 4.98 Å². The summed E-state index contributed by atoms with van der Waals surface area (Å²) in [6, 6.07) is 3.74. The first-order valence-electron chi connectivity index (χ1n) is 5.77. The molecule has 0 atom stereocenters. The lowest BCUT2D eigenvalue weighted by Gasteiger charge is -2.09. The lowest BCUT2D eigenvalue weighted by Crippen LogP contribution is -1.99. The molecule has 86 valence electrons. The lowest BCUT2D eigenvalue weighted by molar-refractivity contribution is 0.112. The molecule has 0 aliphatic heterocycles. The van der Waals surface area contributed by atoms with Crippen molar-refractivity contribution in [2.24, 2.45) is 0 Å². The number of pyridine rings is 1. The summed E-state index contributed by atoms with van der Waals surface area (Å²) in [5.41, 5.74) is 4.94. The molecule has 1 heterocycles. The molecule has 0 saturated heterocycles. The van der Waals surface area contributed by atoms with E-state index in [9.17, 15) is 4.79 Å². The second kappa shape index (κ2) is 3.81. The van der Waals surface area contributed by atoms with E-state index in [1.165, 1.54) is 0 Å². The zero-order chi connectivity index (χ0) is 12.0. The zero-order valence-corrected chi connectivity index (χ0v) is 10.3. The third kappa shape index (κ3) is 1.55. The van der Waals surface area contributed by atoms with Crippen molar-refractivity contribution in [1.29, 1.82) is 0 Å². The standard InChI is InChI=1S/C14H12ClNO/c1-8-5-9(15)6-11-12(7-17)10-3-2-4-13(10)16-14(8)11/h5-7H,2-4H2,1H3. The molecule has 1 aromatic carbocycles. The topological polar surface area (TPSA) is 30.0 Å². The first-order valence-corrected chi connectivity index (χ1v) is 6.15. The Kier molecular flexibility index (Phi) is 2.40. The monoisotopic (exact) mass is 245 g/mol. The van der Waals surface area contributed by atoms with Crippen LogP contribution in [0.15, 0.2) is 12.1 Å². The molecule has 0 amide bonds. The molecule has 2 nitrogen and oxygen atoms in total. The van der Waals surface area contributed by atoms with Gasteiger partial charge in [0.25, 0.3) is 0 Å². The number of hydrogen-bond donors (Lipinski definition) is 0. The predicted octanol–water partition coefficient (Wildman–Crippen LogP) is 3.50. The number of fused-ring (bicyclic) bond motifs is 2. The van der Waals surface area contributed by atoms with Crippen molar-refractivity contribution in [2.75, 3.05) is 0 Å². The Labute approximate surface area is 105 Å².